The molecule has 7 nitrogen and oxygen atoms in total. The predicted molar refractivity (Wildman–Crippen MR) is 140 cm³/mol. The summed E-state index contributed by atoms with van der Waals surface area (Å²) in [5.74, 6) is -0.983. The summed E-state index contributed by atoms with van der Waals surface area (Å²) in [6, 6.07) is 22.8. The van der Waals surface area contributed by atoms with Crippen molar-refractivity contribution in [3.05, 3.63) is 117 Å². The Morgan fingerprint density at radius 2 is 1.84 bits per heavy atom. The van der Waals surface area contributed by atoms with Gasteiger partial charge in [0.25, 0.3) is 11.8 Å². The van der Waals surface area contributed by atoms with Crippen LogP contribution in [0.3, 0.4) is 0 Å². The number of nitrogens with one attached hydrogen (secondary N) is 1. The number of amides is 2. The lowest BCUT2D eigenvalue weighted by molar-refractivity contribution is 0.0717. The van der Waals surface area contributed by atoms with Crippen molar-refractivity contribution in [2.24, 2.45) is 0 Å². The fourth-order valence-corrected chi connectivity index (χ4v) is 4.70. The minimum absolute atomic E-state index is 0.0247. The number of carbonyl (C=O) groups is 2. The number of likely N-dealkylation sites (N-methyl/N-ethyl adjacent to an activating group) is 1. The first kappa shape index (κ1) is 24.7. The van der Waals surface area contributed by atoms with Gasteiger partial charge in [0.15, 0.2) is 17.1 Å². The molecule has 0 saturated heterocycles. The Bertz CT molecular complexity index is 1440. The van der Waals surface area contributed by atoms with Gasteiger partial charge in [-0.1, -0.05) is 70.5 Å². The van der Waals surface area contributed by atoms with E-state index in [4.69, 9.17) is 4.74 Å². The van der Waals surface area contributed by atoms with Crippen LogP contribution in [-0.2, 0) is 13.2 Å². The van der Waals surface area contributed by atoms with Gasteiger partial charge >= 0.3 is 0 Å². The molecule has 1 aliphatic heterocycles. The number of nitrogens with zero attached hydrogens (tertiary/aromatic N) is 3. The molecule has 37 heavy (non-hydrogen) atoms. The number of rotatable bonds is 7. The summed E-state index contributed by atoms with van der Waals surface area (Å²) in [7, 11) is 1.72. The minimum Gasteiger partial charge on any atom is -0.484 e. The van der Waals surface area contributed by atoms with Crippen molar-refractivity contribution in [3.8, 4) is 5.75 Å². The van der Waals surface area contributed by atoms with Gasteiger partial charge in [0.2, 0.25) is 0 Å². The Kier molecular flexibility index (Phi) is 7.05. The summed E-state index contributed by atoms with van der Waals surface area (Å²) in [6.07, 6.45) is 0. The highest BCUT2D eigenvalue weighted by molar-refractivity contribution is 9.10. The molecule has 2 amide bonds. The van der Waals surface area contributed by atoms with E-state index in [0.29, 0.717) is 6.54 Å². The minimum atomic E-state index is -0.488. The van der Waals surface area contributed by atoms with E-state index in [1.165, 1.54) is 12.1 Å². The molecule has 1 N–H and O–H groups in total. The predicted octanol–water partition coefficient (Wildman–Crippen LogP) is 4.97. The number of ether oxygens (including phenoxy) is 1. The van der Waals surface area contributed by atoms with Gasteiger partial charge in [0, 0.05) is 24.6 Å². The zero-order valence-corrected chi connectivity index (χ0v) is 21.6. The molecule has 0 bridgehead atoms. The number of halogens is 2. The average Bonchev–Trinajstić information content (AvgIpc) is 3.29. The molecular weight excluding hydrogens is 539 g/mol. The number of benzene rings is 3. The molecule has 0 fully saturated rings. The third-order valence-corrected chi connectivity index (χ3v) is 6.69. The second-order valence-electron chi connectivity index (χ2n) is 8.81. The average molecular weight is 563 g/mol. The lowest BCUT2D eigenvalue weighted by Crippen LogP contribution is -2.41. The Morgan fingerprint density at radius 1 is 1.08 bits per heavy atom. The van der Waals surface area contributed by atoms with Gasteiger partial charge in [-0.15, -0.1) is 0 Å². The van der Waals surface area contributed by atoms with Crippen LogP contribution in [0.25, 0.3) is 0 Å². The second kappa shape index (κ2) is 10.6. The first-order valence-corrected chi connectivity index (χ1v) is 12.5. The lowest BCUT2D eigenvalue weighted by atomic mass is 10.0. The van der Waals surface area contributed by atoms with Crippen LogP contribution in [-0.4, -0.2) is 40.1 Å². The number of aromatic nitrogens is 2. The molecule has 1 aliphatic rings. The second-order valence-corrected chi connectivity index (χ2v) is 9.73. The van der Waals surface area contributed by atoms with E-state index >= 15 is 0 Å². The molecule has 5 rings (SSSR count). The summed E-state index contributed by atoms with van der Waals surface area (Å²) in [5, 5.41) is 7.44. The van der Waals surface area contributed by atoms with Crippen LogP contribution < -0.4 is 10.1 Å². The highest BCUT2D eigenvalue weighted by Crippen LogP contribution is 2.35. The molecule has 1 aromatic heterocycles. The smallest absolute Gasteiger partial charge is 0.275 e. The number of hydrogen-bond acceptors (Lipinski definition) is 4. The number of carbonyl (C=O) groups excluding carboxylic acids is 2. The van der Waals surface area contributed by atoms with E-state index < -0.39 is 5.91 Å². The molecule has 188 valence electrons. The fourth-order valence-electron chi connectivity index (χ4n) is 4.28. The molecule has 4 aromatic rings. The van der Waals surface area contributed by atoms with Gasteiger partial charge < -0.3 is 15.0 Å². The van der Waals surface area contributed by atoms with E-state index in [-0.39, 0.29) is 48.1 Å². The maximum Gasteiger partial charge on any atom is 0.275 e. The van der Waals surface area contributed by atoms with Gasteiger partial charge in [0.1, 0.15) is 12.4 Å². The Labute approximate surface area is 222 Å². The number of fused-ring (bicyclic) bond motifs is 1. The molecule has 2 heterocycles. The quantitative estimate of drug-likeness (QED) is 0.345. The van der Waals surface area contributed by atoms with E-state index in [1.54, 1.807) is 28.8 Å². The molecule has 1 atom stereocenters. The van der Waals surface area contributed by atoms with Crippen LogP contribution in [0, 0.1) is 5.82 Å². The third-order valence-electron chi connectivity index (χ3n) is 6.20. The molecule has 0 saturated carbocycles. The highest BCUT2D eigenvalue weighted by Gasteiger charge is 2.38. The van der Waals surface area contributed by atoms with E-state index in [2.05, 4.69) is 26.3 Å². The standard InChI is InChI=1S/C28H24BrFN4O3/c1-33-16-23(20-8-5-9-21(29)14-20)34-25(28(33)36)26(37-17-19-6-3-2-4-7-19)24(32-34)27(35)31-15-18-10-12-22(30)13-11-18/h2-14,23H,15-17H2,1H3,(H,31,35). The van der Waals surface area contributed by atoms with Crippen LogP contribution in [0.1, 0.15) is 43.7 Å². The van der Waals surface area contributed by atoms with Crippen molar-refractivity contribution < 1.29 is 18.7 Å². The first-order chi connectivity index (χ1) is 17.9. The first-order valence-electron chi connectivity index (χ1n) is 11.7. The Morgan fingerprint density at radius 3 is 2.57 bits per heavy atom. The highest BCUT2D eigenvalue weighted by atomic mass is 79.9. The Balaban J connectivity index is 1.53. The third kappa shape index (κ3) is 5.27. The maximum absolute atomic E-state index is 13.3. The normalized spacial score (nSPS) is 14.8. The van der Waals surface area contributed by atoms with Crippen molar-refractivity contribution in [1.82, 2.24) is 20.0 Å². The van der Waals surface area contributed by atoms with Crippen molar-refractivity contribution in [1.29, 1.82) is 0 Å². The van der Waals surface area contributed by atoms with Crippen LogP contribution >= 0.6 is 15.9 Å². The van der Waals surface area contributed by atoms with Gasteiger partial charge in [-0.05, 0) is 41.0 Å². The number of hydrogen-bond donors (Lipinski definition) is 1. The van der Waals surface area contributed by atoms with Crippen molar-refractivity contribution >= 4 is 27.7 Å². The summed E-state index contributed by atoms with van der Waals surface area (Å²) in [5.41, 5.74) is 2.80. The molecule has 0 radical (unpaired) electrons. The summed E-state index contributed by atoms with van der Waals surface area (Å²) in [6.45, 7) is 0.720. The SMILES string of the molecule is CN1CC(c2cccc(Br)c2)n2nc(C(=O)NCc3ccc(F)cc3)c(OCc3ccccc3)c2C1=O. The van der Waals surface area contributed by atoms with E-state index in [9.17, 15) is 14.0 Å². The van der Waals surface area contributed by atoms with Crippen molar-refractivity contribution in [2.45, 2.75) is 19.2 Å². The summed E-state index contributed by atoms with van der Waals surface area (Å²) >= 11 is 3.51. The van der Waals surface area contributed by atoms with Gasteiger partial charge in [-0.3, -0.25) is 9.59 Å². The van der Waals surface area contributed by atoms with Crippen LogP contribution in [0.15, 0.2) is 83.3 Å². The topological polar surface area (TPSA) is 76.5 Å². The zero-order chi connectivity index (χ0) is 25.9. The Hall–Kier alpha value is -3.98. The lowest BCUT2D eigenvalue weighted by Gasteiger charge is -2.31. The monoisotopic (exact) mass is 562 g/mol. The molecule has 0 aliphatic carbocycles. The fraction of sp³-hybridized carbons (Fsp3) is 0.179. The molecule has 3 aromatic carbocycles. The van der Waals surface area contributed by atoms with Gasteiger partial charge in [-0.25, -0.2) is 9.07 Å². The molecule has 1 unspecified atom stereocenters. The zero-order valence-electron chi connectivity index (χ0n) is 20.0. The summed E-state index contributed by atoms with van der Waals surface area (Å²) in [4.78, 5) is 28.3. The van der Waals surface area contributed by atoms with Gasteiger partial charge in [0.05, 0.1) is 6.04 Å². The van der Waals surface area contributed by atoms with Crippen molar-refractivity contribution in [2.75, 3.05) is 13.6 Å². The molecular formula is C28H24BrFN4O3. The van der Waals surface area contributed by atoms with E-state index in [1.807, 2.05) is 54.6 Å². The largest absolute Gasteiger partial charge is 0.484 e. The maximum atomic E-state index is 13.3. The van der Waals surface area contributed by atoms with Crippen molar-refractivity contribution in [3.63, 3.8) is 0 Å². The van der Waals surface area contributed by atoms with E-state index in [0.717, 1.165) is 21.2 Å². The van der Waals surface area contributed by atoms with Crippen LogP contribution in [0.4, 0.5) is 4.39 Å². The molecule has 0 spiro atoms. The summed E-state index contributed by atoms with van der Waals surface area (Å²) < 4.78 is 21.9. The van der Waals surface area contributed by atoms with Gasteiger partial charge in [-0.2, -0.15) is 5.10 Å². The molecule has 9 heteroatoms. The van der Waals surface area contributed by atoms with Crippen LogP contribution in [0.5, 0.6) is 5.75 Å². The van der Waals surface area contributed by atoms with Crippen LogP contribution in [0.2, 0.25) is 0 Å².